The third kappa shape index (κ3) is 5.03. The second kappa shape index (κ2) is 8.14. The van der Waals surface area contributed by atoms with E-state index in [1.54, 1.807) is 30.5 Å². The summed E-state index contributed by atoms with van der Waals surface area (Å²) in [4.78, 5) is 7.65. The van der Waals surface area contributed by atoms with Crippen LogP contribution in [-0.2, 0) is 27.2 Å². The zero-order valence-electron chi connectivity index (χ0n) is 9.90. The van der Waals surface area contributed by atoms with Crippen LogP contribution in [0.25, 0.3) is 0 Å². The molecule has 0 fully saturated rings. The predicted molar refractivity (Wildman–Crippen MR) is 65.9 cm³/mol. The number of hydrogen-bond donors (Lipinski definition) is 0. The maximum atomic E-state index is 11.0. The van der Waals surface area contributed by atoms with E-state index >= 15 is 0 Å². The van der Waals surface area contributed by atoms with E-state index in [1.807, 2.05) is 0 Å². The topological polar surface area (TPSA) is 82.5 Å². The molecule has 0 N–H and O–H groups in total. The molecule has 0 unspecified atom stereocenters. The summed E-state index contributed by atoms with van der Waals surface area (Å²) in [5.74, 6) is 0. The van der Waals surface area contributed by atoms with Gasteiger partial charge in [0.05, 0.1) is 22.5 Å². The average molecular weight is 360 g/mol. The van der Waals surface area contributed by atoms with E-state index in [9.17, 15) is 13.0 Å². The van der Waals surface area contributed by atoms with Crippen LogP contribution in [-0.4, -0.2) is 24.2 Å². The molecular weight excluding hydrogens is 351 g/mol. The first-order valence-corrected chi connectivity index (χ1v) is 6.48. The quantitative estimate of drug-likeness (QED) is 0.389. The Labute approximate surface area is 133 Å². The van der Waals surface area contributed by atoms with E-state index in [0.29, 0.717) is 5.69 Å². The van der Waals surface area contributed by atoms with Crippen molar-refractivity contribution >= 4 is 22.0 Å². The fourth-order valence-corrected chi connectivity index (χ4v) is 1.99. The number of pyridine rings is 1. The van der Waals surface area contributed by atoms with Gasteiger partial charge in [-0.05, 0) is 24.3 Å². The van der Waals surface area contributed by atoms with Crippen LogP contribution in [0.2, 0.25) is 0 Å². The summed E-state index contributed by atoms with van der Waals surface area (Å²) in [7, 11) is -4.52. The Morgan fingerprint density at radius 2 is 1.75 bits per heavy atom. The molecular formula is C12H9ClCuN2O3S. The fraction of sp³-hybridized carbons (Fsp3) is 0. The molecule has 5 nitrogen and oxygen atoms in total. The summed E-state index contributed by atoms with van der Waals surface area (Å²) in [5.41, 5.74) is 0.689. The molecule has 0 saturated heterocycles. The van der Waals surface area contributed by atoms with Crippen molar-refractivity contribution in [2.75, 3.05) is 0 Å². The third-order valence-electron chi connectivity index (χ3n) is 2.16. The molecule has 0 aliphatic heterocycles. The summed E-state index contributed by atoms with van der Waals surface area (Å²) in [6.07, 6.45) is 3.00. The number of aliphatic imine (C=N–C) groups is 1. The maximum Gasteiger partial charge on any atom is 2.00 e. The monoisotopic (exact) mass is 359 g/mol. The minimum absolute atomic E-state index is 0. The van der Waals surface area contributed by atoms with Gasteiger partial charge in [0.2, 0.25) is 0 Å². The van der Waals surface area contributed by atoms with Gasteiger partial charge < -0.3 is 17.0 Å². The molecule has 1 heterocycles. The summed E-state index contributed by atoms with van der Waals surface area (Å²) in [6.45, 7) is 0. The smallest absolute Gasteiger partial charge is 1.00 e. The van der Waals surface area contributed by atoms with Gasteiger partial charge in [0.25, 0.3) is 0 Å². The number of hydrogen-bond acceptors (Lipinski definition) is 5. The Morgan fingerprint density at radius 1 is 1.10 bits per heavy atom. The number of halogens is 1. The molecule has 1 aromatic carbocycles. The fourth-order valence-electron chi connectivity index (χ4n) is 1.36. The number of nitrogens with zero attached hydrogens (tertiary/aromatic N) is 2. The van der Waals surface area contributed by atoms with Gasteiger partial charge in [-0.3, -0.25) is 9.98 Å². The minimum atomic E-state index is -4.52. The molecule has 0 amide bonds. The van der Waals surface area contributed by atoms with Crippen LogP contribution in [0.3, 0.4) is 0 Å². The minimum Gasteiger partial charge on any atom is -1.00 e. The van der Waals surface area contributed by atoms with Crippen LogP contribution in [0.5, 0.6) is 0 Å². The van der Waals surface area contributed by atoms with Gasteiger partial charge in [-0.25, -0.2) is 8.42 Å². The van der Waals surface area contributed by atoms with Crippen molar-refractivity contribution < 1.29 is 42.4 Å². The molecule has 0 aliphatic carbocycles. The average Bonchev–Trinajstić information content (AvgIpc) is 2.37. The molecule has 0 bridgehead atoms. The standard InChI is InChI=1S/C12H10N2O3S.ClH.Cu/c15-18(16,17)12-7-2-1-6-11(12)14-9-10-5-3-4-8-13-10;;/h1-9H,(H,15,16,17);1H;/q;;+2/p-2. The predicted octanol–water partition coefficient (Wildman–Crippen LogP) is -1.26. The van der Waals surface area contributed by atoms with Crippen molar-refractivity contribution in [1.29, 1.82) is 0 Å². The van der Waals surface area contributed by atoms with Crippen LogP contribution in [0.15, 0.2) is 58.5 Å². The zero-order valence-corrected chi connectivity index (χ0v) is 12.4. The second-order valence-electron chi connectivity index (χ2n) is 3.43. The molecule has 2 rings (SSSR count). The Morgan fingerprint density at radius 3 is 2.35 bits per heavy atom. The van der Waals surface area contributed by atoms with Crippen molar-refractivity contribution in [3.05, 3.63) is 54.4 Å². The molecule has 0 atom stereocenters. The molecule has 0 aliphatic rings. The second-order valence-corrected chi connectivity index (χ2v) is 4.78. The molecule has 1 aromatic heterocycles. The molecule has 0 saturated carbocycles. The normalized spacial score (nSPS) is 10.7. The van der Waals surface area contributed by atoms with E-state index < -0.39 is 10.1 Å². The SMILES string of the molecule is O=S(=O)([O-])c1ccccc1N=Cc1ccccn1.[Cl-].[Cu+2]. The van der Waals surface area contributed by atoms with Gasteiger partial charge in [-0.15, -0.1) is 0 Å². The number of para-hydroxylation sites is 1. The van der Waals surface area contributed by atoms with E-state index in [4.69, 9.17) is 0 Å². The molecule has 0 spiro atoms. The van der Waals surface area contributed by atoms with Gasteiger partial charge in [0.15, 0.2) is 0 Å². The van der Waals surface area contributed by atoms with Gasteiger partial charge in [0.1, 0.15) is 10.1 Å². The Hall–Kier alpha value is -1.24. The van der Waals surface area contributed by atoms with Crippen molar-refractivity contribution in [2.24, 2.45) is 4.99 Å². The number of aromatic nitrogens is 1. The zero-order chi connectivity index (χ0) is 13.0. The van der Waals surface area contributed by atoms with Crippen molar-refractivity contribution in [3.8, 4) is 0 Å². The van der Waals surface area contributed by atoms with Crippen molar-refractivity contribution in [2.45, 2.75) is 4.90 Å². The summed E-state index contributed by atoms with van der Waals surface area (Å²) >= 11 is 0. The molecule has 2 aromatic rings. The Bertz CT molecular complexity index is 678. The van der Waals surface area contributed by atoms with Crippen molar-refractivity contribution in [3.63, 3.8) is 0 Å². The van der Waals surface area contributed by atoms with Crippen LogP contribution < -0.4 is 12.4 Å². The Balaban J connectivity index is 0.00000180. The first-order valence-electron chi connectivity index (χ1n) is 5.07. The summed E-state index contributed by atoms with van der Waals surface area (Å²) in [5, 5.41) is 0. The molecule has 1 radical (unpaired) electrons. The van der Waals surface area contributed by atoms with E-state index in [2.05, 4.69) is 9.98 Å². The van der Waals surface area contributed by atoms with Crippen LogP contribution >= 0.6 is 0 Å². The van der Waals surface area contributed by atoms with Gasteiger partial charge in [-0.1, -0.05) is 18.2 Å². The molecule has 109 valence electrons. The van der Waals surface area contributed by atoms with Crippen LogP contribution in [0, 0.1) is 0 Å². The van der Waals surface area contributed by atoms with Crippen molar-refractivity contribution in [1.82, 2.24) is 4.98 Å². The number of benzene rings is 1. The molecule has 8 heteroatoms. The molecule has 20 heavy (non-hydrogen) atoms. The van der Waals surface area contributed by atoms with Gasteiger partial charge in [0, 0.05) is 6.20 Å². The van der Waals surface area contributed by atoms with Crippen LogP contribution in [0.4, 0.5) is 5.69 Å². The third-order valence-corrected chi connectivity index (χ3v) is 3.04. The van der Waals surface area contributed by atoms with E-state index in [-0.39, 0.29) is 40.1 Å². The van der Waals surface area contributed by atoms with E-state index in [0.717, 1.165) is 0 Å². The largest absolute Gasteiger partial charge is 2.00 e. The summed E-state index contributed by atoms with van der Waals surface area (Å²) in [6, 6.07) is 11.0. The number of rotatable bonds is 3. The van der Waals surface area contributed by atoms with Gasteiger partial charge in [-0.2, -0.15) is 0 Å². The maximum absolute atomic E-state index is 11.0. The Kier molecular flexibility index (Phi) is 7.63. The van der Waals surface area contributed by atoms with Crippen LogP contribution in [0.1, 0.15) is 5.69 Å². The first kappa shape index (κ1) is 18.8. The van der Waals surface area contributed by atoms with E-state index in [1.165, 1.54) is 24.4 Å². The van der Waals surface area contributed by atoms with Gasteiger partial charge >= 0.3 is 17.1 Å². The first-order chi connectivity index (χ1) is 8.57. The summed E-state index contributed by atoms with van der Waals surface area (Å²) < 4.78 is 33.1.